The number of rotatable bonds is 3. The number of benzene rings is 1. The first-order chi connectivity index (χ1) is 15.3. The van der Waals surface area contributed by atoms with Crippen LogP contribution in [0.5, 0.6) is 0 Å². The Kier molecular flexibility index (Phi) is 5.61. The Hall–Kier alpha value is -1.85. The van der Waals surface area contributed by atoms with E-state index in [-0.39, 0.29) is 29.3 Å². The normalized spacial score (nSPS) is 37.5. The zero-order valence-corrected chi connectivity index (χ0v) is 20.0. The summed E-state index contributed by atoms with van der Waals surface area (Å²) in [5, 5.41) is 11.6. The highest BCUT2D eigenvalue weighted by Gasteiger charge is 2.59. The second kappa shape index (κ2) is 8.18. The van der Waals surface area contributed by atoms with Crippen molar-refractivity contribution >= 4 is 11.7 Å². The Labute approximate surface area is 192 Å². The van der Waals surface area contributed by atoms with Crippen molar-refractivity contribution in [2.24, 2.45) is 23.2 Å². The molecular weight excluding hydrogens is 400 g/mol. The molecule has 1 aromatic rings. The second-order valence-corrected chi connectivity index (χ2v) is 10.9. The van der Waals surface area contributed by atoms with Gasteiger partial charge in [-0.25, -0.2) is 0 Å². The second-order valence-electron chi connectivity index (χ2n) is 10.9. The number of fused-ring (bicyclic) bond motifs is 2. The number of esters is 1. The van der Waals surface area contributed by atoms with Gasteiger partial charge in [0.05, 0.1) is 12.0 Å². The summed E-state index contributed by atoms with van der Waals surface area (Å²) in [6.45, 7) is 13.3. The van der Waals surface area contributed by atoms with Crippen LogP contribution >= 0.6 is 0 Å². The maximum Gasteiger partial charge on any atom is 0.311 e. The van der Waals surface area contributed by atoms with E-state index in [4.69, 9.17) is 4.74 Å². The van der Waals surface area contributed by atoms with Gasteiger partial charge >= 0.3 is 5.97 Å². The van der Waals surface area contributed by atoms with Crippen molar-refractivity contribution in [3.8, 4) is 0 Å². The van der Waals surface area contributed by atoms with Crippen molar-refractivity contribution < 1.29 is 14.6 Å². The monoisotopic (exact) mass is 438 g/mol. The molecule has 0 unspecified atom stereocenters. The van der Waals surface area contributed by atoms with Crippen LogP contribution in [0.2, 0.25) is 0 Å². The smallest absolute Gasteiger partial charge is 0.311 e. The third-order valence-electron chi connectivity index (χ3n) is 9.10. The fourth-order valence-corrected chi connectivity index (χ4v) is 6.78. The summed E-state index contributed by atoms with van der Waals surface area (Å²) >= 11 is 0. The van der Waals surface area contributed by atoms with Crippen LogP contribution in [0.3, 0.4) is 0 Å². The Morgan fingerprint density at radius 2 is 1.94 bits per heavy atom. The van der Waals surface area contributed by atoms with E-state index in [1.54, 1.807) is 0 Å². The Morgan fingerprint density at radius 1 is 1.19 bits per heavy atom. The summed E-state index contributed by atoms with van der Waals surface area (Å²) in [4.78, 5) is 17.8. The van der Waals surface area contributed by atoms with Gasteiger partial charge in [-0.05, 0) is 49.8 Å². The van der Waals surface area contributed by atoms with Crippen LogP contribution in [0, 0.1) is 37.0 Å². The van der Waals surface area contributed by atoms with Gasteiger partial charge in [0.1, 0.15) is 6.10 Å². The lowest BCUT2D eigenvalue weighted by Crippen LogP contribution is -2.55. The van der Waals surface area contributed by atoms with Gasteiger partial charge in [-0.1, -0.05) is 37.6 Å². The number of aliphatic hydroxyl groups is 1. The third-order valence-corrected chi connectivity index (χ3v) is 9.10. The largest absolute Gasteiger partial charge is 0.461 e. The molecule has 0 aromatic heterocycles. The summed E-state index contributed by atoms with van der Waals surface area (Å²) in [5.41, 5.74) is 5.01. The molecule has 4 aliphatic rings. The maximum absolute atomic E-state index is 12.9. The fraction of sp³-hybridized carbons (Fsp3) is 0.667. The number of piperazine rings is 1. The van der Waals surface area contributed by atoms with Gasteiger partial charge in [0.2, 0.25) is 0 Å². The Bertz CT molecular complexity index is 919. The van der Waals surface area contributed by atoms with Crippen molar-refractivity contribution in [1.29, 1.82) is 0 Å². The molecule has 5 rings (SSSR count). The molecule has 1 saturated carbocycles. The van der Waals surface area contributed by atoms with E-state index in [9.17, 15) is 9.90 Å². The molecule has 0 spiro atoms. The van der Waals surface area contributed by atoms with Gasteiger partial charge in [0.25, 0.3) is 0 Å². The SMILES string of the molecule is Cc1ccc(C)c(N2CCN(C[C@H]3C(=O)O[C@@H]4CC5=CCC[C@H](C)[C@@]5(C)[C@@H](O)[C@H]43)CC2)c1. The van der Waals surface area contributed by atoms with Crippen LogP contribution in [0.4, 0.5) is 5.69 Å². The number of allylic oxidation sites excluding steroid dienone is 1. The highest BCUT2D eigenvalue weighted by molar-refractivity contribution is 5.76. The van der Waals surface area contributed by atoms with Gasteiger partial charge < -0.3 is 14.7 Å². The molecule has 0 bridgehead atoms. The first kappa shape index (κ1) is 22.0. The predicted molar refractivity (Wildman–Crippen MR) is 127 cm³/mol. The maximum atomic E-state index is 12.9. The van der Waals surface area contributed by atoms with Gasteiger partial charge in [0, 0.05) is 56.2 Å². The van der Waals surface area contributed by atoms with Crippen LogP contribution in [0.15, 0.2) is 29.8 Å². The van der Waals surface area contributed by atoms with E-state index in [0.717, 1.165) is 45.4 Å². The zero-order chi connectivity index (χ0) is 22.6. The number of ether oxygens (including phenoxy) is 1. The number of nitrogens with zero attached hydrogens (tertiary/aromatic N) is 2. The molecule has 1 aromatic carbocycles. The zero-order valence-electron chi connectivity index (χ0n) is 20.0. The fourth-order valence-electron chi connectivity index (χ4n) is 6.78. The average molecular weight is 439 g/mol. The number of carbonyl (C=O) groups excluding carboxylic acids is 1. The number of hydrogen-bond donors (Lipinski definition) is 1. The quantitative estimate of drug-likeness (QED) is 0.576. The van der Waals surface area contributed by atoms with Gasteiger partial charge in [-0.3, -0.25) is 9.69 Å². The molecule has 1 N–H and O–H groups in total. The molecule has 0 amide bonds. The molecule has 6 atom stereocenters. The lowest BCUT2D eigenvalue weighted by molar-refractivity contribution is -0.145. The van der Waals surface area contributed by atoms with Crippen LogP contribution in [0.25, 0.3) is 0 Å². The molecule has 3 fully saturated rings. The Balaban J connectivity index is 1.28. The van der Waals surface area contributed by atoms with E-state index in [2.05, 4.69) is 61.8 Å². The minimum absolute atomic E-state index is 0.0951. The number of aliphatic hydroxyl groups excluding tert-OH is 1. The van der Waals surface area contributed by atoms with Crippen molar-refractivity contribution in [1.82, 2.24) is 4.90 Å². The lowest BCUT2D eigenvalue weighted by Gasteiger charge is -2.52. The van der Waals surface area contributed by atoms with Crippen molar-refractivity contribution in [2.75, 3.05) is 37.6 Å². The minimum Gasteiger partial charge on any atom is -0.461 e. The molecule has 2 saturated heterocycles. The first-order valence-electron chi connectivity index (χ1n) is 12.4. The van der Waals surface area contributed by atoms with Crippen LogP contribution in [-0.2, 0) is 9.53 Å². The van der Waals surface area contributed by atoms with Crippen molar-refractivity contribution in [3.05, 3.63) is 41.0 Å². The molecular formula is C27H38N2O3. The molecule has 174 valence electrons. The lowest BCUT2D eigenvalue weighted by atomic mass is 9.55. The summed E-state index contributed by atoms with van der Waals surface area (Å²) in [6, 6.07) is 6.64. The molecule has 32 heavy (non-hydrogen) atoms. The van der Waals surface area contributed by atoms with E-state index < -0.39 is 6.10 Å². The van der Waals surface area contributed by atoms with Crippen LogP contribution in [0.1, 0.15) is 44.2 Å². The third kappa shape index (κ3) is 3.49. The minimum atomic E-state index is -0.518. The molecule has 5 heteroatoms. The van der Waals surface area contributed by atoms with E-state index in [0.29, 0.717) is 12.5 Å². The van der Waals surface area contributed by atoms with Crippen molar-refractivity contribution in [3.63, 3.8) is 0 Å². The summed E-state index contributed by atoms with van der Waals surface area (Å²) in [7, 11) is 0. The van der Waals surface area contributed by atoms with Crippen LogP contribution in [-0.4, -0.2) is 60.9 Å². The molecule has 2 heterocycles. The highest BCUT2D eigenvalue weighted by Crippen LogP contribution is 2.56. The Morgan fingerprint density at radius 3 is 2.69 bits per heavy atom. The topological polar surface area (TPSA) is 53.0 Å². The standard InChI is InChI=1S/C27H38N2O3/c1-17-8-9-18(2)22(14-17)29-12-10-28(11-13-29)16-21-24-23(32-26(21)31)15-20-7-5-6-19(3)27(20,4)25(24)30/h7-9,14,19,21,23-25,30H,5-6,10-13,15-16H2,1-4H3/t19-,21+,23+,24-,25-,27+/m0/s1. The van der Waals surface area contributed by atoms with E-state index >= 15 is 0 Å². The summed E-state index contributed by atoms with van der Waals surface area (Å²) < 4.78 is 5.86. The van der Waals surface area contributed by atoms with Crippen molar-refractivity contribution in [2.45, 2.75) is 59.2 Å². The number of hydrogen-bond acceptors (Lipinski definition) is 5. The summed E-state index contributed by atoms with van der Waals surface area (Å²) in [5.74, 6) is -0.000529. The van der Waals surface area contributed by atoms with Gasteiger partial charge in [-0.15, -0.1) is 0 Å². The number of aryl methyl sites for hydroxylation is 2. The van der Waals surface area contributed by atoms with Gasteiger partial charge in [-0.2, -0.15) is 0 Å². The number of anilines is 1. The van der Waals surface area contributed by atoms with E-state index in [1.807, 2.05) is 0 Å². The average Bonchev–Trinajstić information content (AvgIpc) is 3.08. The molecule has 2 aliphatic carbocycles. The van der Waals surface area contributed by atoms with Crippen LogP contribution < -0.4 is 4.90 Å². The molecule has 5 nitrogen and oxygen atoms in total. The first-order valence-corrected chi connectivity index (χ1v) is 12.4. The molecule has 2 aliphatic heterocycles. The molecule has 0 radical (unpaired) electrons. The number of carbonyl (C=O) groups is 1. The summed E-state index contributed by atoms with van der Waals surface area (Å²) in [6.07, 6.45) is 4.59. The van der Waals surface area contributed by atoms with E-state index in [1.165, 1.54) is 22.4 Å². The highest BCUT2D eigenvalue weighted by atomic mass is 16.6. The van der Waals surface area contributed by atoms with Gasteiger partial charge in [0.15, 0.2) is 0 Å². The predicted octanol–water partition coefficient (Wildman–Crippen LogP) is 3.71.